The Balaban J connectivity index is 2.14. The molecule has 192 valence electrons. The number of hydrogen-bond donors (Lipinski definition) is 2. The maximum Gasteiger partial charge on any atom is 0.192 e. The molecule has 0 aromatic carbocycles. The van der Waals surface area contributed by atoms with Crippen molar-refractivity contribution in [3.05, 3.63) is 16.1 Å². The first-order valence-electron chi connectivity index (χ1n) is 11.8. The molecule has 3 heterocycles. The van der Waals surface area contributed by atoms with E-state index in [4.69, 9.17) is 19.3 Å². The van der Waals surface area contributed by atoms with Gasteiger partial charge in [-0.15, -0.1) is 0 Å². The van der Waals surface area contributed by atoms with Crippen LogP contribution in [0.3, 0.4) is 0 Å². The van der Waals surface area contributed by atoms with E-state index in [1.807, 2.05) is 6.20 Å². The Labute approximate surface area is 225 Å². The van der Waals surface area contributed by atoms with E-state index in [0.29, 0.717) is 11.6 Å². The third-order valence-corrected chi connectivity index (χ3v) is 17.9. The first-order valence-corrected chi connectivity index (χ1v) is 19.3. The molecule has 34 heavy (non-hydrogen) atoms. The van der Waals surface area contributed by atoms with Gasteiger partial charge in [0.25, 0.3) is 0 Å². The van der Waals surface area contributed by atoms with Crippen molar-refractivity contribution in [2.45, 2.75) is 102 Å². The molecule has 0 aliphatic carbocycles. The summed E-state index contributed by atoms with van der Waals surface area (Å²) in [5.74, 6) is 1.01. The molecule has 1 aliphatic heterocycles. The molecule has 2 aromatic heterocycles. The molecule has 2 aromatic rings. The van der Waals surface area contributed by atoms with Crippen LogP contribution in [-0.4, -0.2) is 55.2 Å². The van der Waals surface area contributed by atoms with Crippen LogP contribution in [0.4, 0.5) is 5.82 Å². The van der Waals surface area contributed by atoms with Gasteiger partial charge in [-0.2, -0.15) is 12.6 Å². The van der Waals surface area contributed by atoms with E-state index in [0.717, 1.165) is 14.6 Å². The van der Waals surface area contributed by atoms with Crippen molar-refractivity contribution in [2.75, 3.05) is 11.5 Å². The Morgan fingerprint density at radius 1 is 1.03 bits per heavy atom. The normalized spacial score (nSPS) is 24.8. The summed E-state index contributed by atoms with van der Waals surface area (Å²) in [6.07, 6.45) is 2.41. The summed E-state index contributed by atoms with van der Waals surface area (Å²) < 4.78 is 23.8. The lowest BCUT2D eigenvalue weighted by Crippen LogP contribution is -2.53. The van der Waals surface area contributed by atoms with Gasteiger partial charge >= 0.3 is 0 Å². The number of aromatic nitrogens is 3. The van der Waals surface area contributed by atoms with Gasteiger partial charge in [-0.05, 0) is 58.9 Å². The second-order valence-electron chi connectivity index (χ2n) is 12.3. The zero-order chi connectivity index (χ0) is 25.9. The number of nitrogens with zero attached hydrogens (tertiary/aromatic N) is 3. The van der Waals surface area contributed by atoms with Crippen LogP contribution in [0, 0.1) is 3.57 Å². The average Bonchev–Trinajstić information content (AvgIpc) is 3.18. The Morgan fingerprint density at radius 3 is 2.06 bits per heavy atom. The average molecular weight is 637 g/mol. The van der Waals surface area contributed by atoms with Gasteiger partial charge in [0, 0.05) is 15.5 Å². The number of nitrogens with two attached hydrogens (primary N) is 1. The Hall–Kier alpha value is -0.186. The highest BCUT2D eigenvalue weighted by Gasteiger charge is 2.54. The zero-order valence-corrected chi connectivity index (χ0v) is 27.2. The van der Waals surface area contributed by atoms with Crippen molar-refractivity contribution in [1.29, 1.82) is 0 Å². The minimum atomic E-state index is -2.16. The van der Waals surface area contributed by atoms with Crippen molar-refractivity contribution >= 4 is 68.7 Å². The lowest BCUT2D eigenvalue weighted by atomic mass is 10.1. The van der Waals surface area contributed by atoms with Gasteiger partial charge in [0.1, 0.15) is 30.0 Å². The van der Waals surface area contributed by atoms with E-state index in [-0.39, 0.29) is 28.4 Å². The predicted molar refractivity (Wildman–Crippen MR) is 157 cm³/mol. The standard InChI is InChI=1S/C23H41IN4O3SSi2/c1-22(2,3)33(7,8)30-17-15(12-32)29-21(18(17)31-34(9,10)23(4,5)6)28-11-14(24)16-19(25)26-13-27-20(16)28/h11,13,15,17-18,21,32H,12H2,1-10H3,(H2,25,26,27)/t15-,17-,18-,21+/m1/s1. The first kappa shape index (κ1) is 28.4. The van der Waals surface area contributed by atoms with Gasteiger partial charge in [0.15, 0.2) is 22.9 Å². The molecule has 11 heteroatoms. The summed E-state index contributed by atoms with van der Waals surface area (Å²) in [5.41, 5.74) is 6.96. The molecule has 0 amide bonds. The molecular weight excluding hydrogens is 595 g/mol. The molecule has 1 fully saturated rings. The summed E-state index contributed by atoms with van der Waals surface area (Å²) in [6, 6.07) is 0. The van der Waals surface area contributed by atoms with Gasteiger partial charge in [-0.3, -0.25) is 0 Å². The maximum atomic E-state index is 7.10. The summed E-state index contributed by atoms with van der Waals surface area (Å²) in [7, 11) is -4.28. The van der Waals surface area contributed by atoms with Crippen LogP contribution in [-0.2, 0) is 13.6 Å². The summed E-state index contributed by atoms with van der Waals surface area (Å²) in [5, 5.41) is 0.942. The zero-order valence-electron chi connectivity index (χ0n) is 22.1. The van der Waals surface area contributed by atoms with Gasteiger partial charge in [0.2, 0.25) is 0 Å². The van der Waals surface area contributed by atoms with E-state index in [1.165, 1.54) is 6.33 Å². The minimum absolute atomic E-state index is 0.0396. The van der Waals surface area contributed by atoms with Crippen molar-refractivity contribution in [3.8, 4) is 0 Å². The monoisotopic (exact) mass is 636 g/mol. The van der Waals surface area contributed by atoms with Crippen molar-refractivity contribution in [1.82, 2.24) is 14.5 Å². The molecule has 1 saturated heterocycles. The third-order valence-electron chi connectivity index (χ3n) is 7.81. The Morgan fingerprint density at radius 2 is 1.56 bits per heavy atom. The largest absolute Gasteiger partial charge is 0.408 e. The number of anilines is 1. The smallest absolute Gasteiger partial charge is 0.192 e. The van der Waals surface area contributed by atoms with E-state index >= 15 is 0 Å². The SMILES string of the molecule is CC(C)(C)[Si](C)(C)O[C@@H]1[C@H](O[Si](C)(C)C(C)(C)C)[C@@H](CS)O[C@@H]1n1cc(I)c2c(N)ncnc21. The summed E-state index contributed by atoms with van der Waals surface area (Å²) in [6.45, 7) is 22.7. The molecular formula is C23H41IN4O3SSi2. The highest BCUT2D eigenvalue weighted by molar-refractivity contribution is 14.1. The van der Waals surface area contributed by atoms with Gasteiger partial charge in [-0.25, -0.2) is 9.97 Å². The van der Waals surface area contributed by atoms with Crippen LogP contribution in [0.2, 0.25) is 36.3 Å². The van der Waals surface area contributed by atoms with Gasteiger partial charge in [0.05, 0.1) is 11.5 Å². The Kier molecular flexibility index (Phi) is 8.02. The first-order chi connectivity index (χ1) is 15.4. The fraction of sp³-hybridized carbons (Fsp3) is 0.739. The predicted octanol–water partition coefficient (Wildman–Crippen LogP) is 6.23. The van der Waals surface area contributed by atoms with Crippen LogP contribution in [0.15, 0.2) is 12.5 Å². The summed E-state index contributed by atoms with van der Waals surface area (Å²) in [4.78, 5) is 8.76. The van der Waals surface area contributed by atoms with Gasteiger partial charge in [-0.1, -0.05) is 41.5 Å². The van der Waals surface area contributed by atoms with E-state index in [1.54, 1.807) is 0 Å². The molecule has 0 bridgehead atoms. The second kappa shape index (κ2) is 9.60. The molecule has 7 nitrogen and oxygen atoms in total. The number of thiol groups is 1. The molecule has 0 unspecified atom stereocenters. The third kappa shape index (κ3) is 5.26. The van der Waals surface area contributed by atoms with E-state index in [2.05, 4.69) is 117 Å². The quantitative estimate of drug-likeness (QED) is 0.222. The minimum Gasteiger partial charge on any atom is -0.408 e. The van der Waals surface area contributed by atoms with Crippen LogP contribution >= 0.6 is 35.2 Å². The van der Waals surface area contributed by atoms with Crippen LogP contribution < -0.4 is 5.73 Å². The fourth-order valence-corrected chi connectivity index (χ4v) is 7.35. The molecule has 2 N–H and O–H groups in total. The highest BCUT2D eigenvalue weighted by Crippen LogP contribution is 2.46. The number of ether oxygens (including phenoxy) is 1. The number of hydrogen-bond acceptors (Lipinski definition) is 7. The second-order valence-corrected chi connectivity index (χ2v) is 23.3. The van der Waals surface area contributed by atoms with Crippen LogP contribution in [0.5, 0.6) is 0 Å². The topological polar surface area (TPSA) is 84.4 Å². The number of halogens is 1. The Bertz CT molecular complexity index is 1040. The summed E-state index contributed by atoms with van der Waals surface area (Å²) >= 11 is 6.95. The van der Waals surface area contributed by atoms with E-state index < -0.39 is 22.9 Å². The van der Waals surface area contributed by atoms with Crippen molar-refractivity contribution < 1.29 is 13.6 Å². The van der Waals surface area contributed by atoms with Crippen molar-refractivity contribution in [2.24, 2.45) is 0 Å². The van der Waals surface area contributed by atoms with Crippen LogP contribution in [0.25, 0.3) is 11.0 Å². The lowest BCUT2D eigenvalue weighted by molar-refractivity contribution is -0.0243. The maximum absolute atomic E-state index is 7.10. The number of nitrogen functional groups attached to an aromatic ring is 1. The fourth-order valence-electron chi connectivity index (χ4n) is 3.64. The molecule has 1 aliphatic rings. The van der Waals surface area contributed by atoms with Crippen molar-refractivity contribution in [3.63, 3.8) is 0 Å². The lowest BCUT2D eigenvalue weighted by Gasteiger charge is -2.44. The molecule has 3 rings (SSSR count). The highest BCUT2D eigenvalue weighted by atomic mass is 127. The van der Waals surface area contributed by atoms with Crippen LogP contribution in [0.1, 0.15) is 47.8 Å². The molecule has 4 atom stereocenters. The molecule has 0 spiro atoms. The van der Waals surface area contributed by atoms with E-state index in [9.17, 15) is 0 Å². The molecule has 0 radical (unpaired) electrons. The van der Waals surface area contributed by atoms with Gasteiger partial charge < -0.3 is 23.9 Å². The number of fused-ring (bicyclic) bond motifs is 1. The number of rotatable bonds is 6. The molecule has 0 saturated carbocycles.